The molecular weight excluding hydrogens is 188 g/mol. The van der Waals surface area contributed by atoms with Gasteiger partial charge in [-0.25, -0.2) is 0 Å². The van der Waals surface area contributed by atoms with Crippen LogP contribution >= 0.6 is 0 Å². The van der Waals surface area contributed by atoms with Crippen LogP contribution in [0.5, 0.6) is 0 Å². The quantitative estimate of drug-likeness (QED) is 0.738. The molecule has 0 unspecified atom stereocenters. The maximum atomic E-state index is 10.7. The Labute approximate surface area is 88.5 Å². The van der Waals surface area contributed by atoms with Crippen LogP contribution in [-0.2, 0) is 11.2 Å². The minimum atomic E-state index is -0.113. The van der Waals surface area contributed by atoms with E-state index in [4.69, 9.17) is 0 Å². The Bertz CT molecular complexity index is 428. The van der Waals surface area contributed by atoms with Crippen molar-refractivity contribution in [3.8, 4) is 0 Å². The third-order valence-electron chi connectivity index (χ3n) is 2.56. The average molecular weight is 202 g/mol. The Kier molecular flexibility index (Phi) is 2.83. The number of fused-ring (bicyclic) bond motifs is 1. The van der Waals surface area contributed by atoms with Gasteiger partial charge in [-0.15, -0.1) is 0 Å². The number of rotatable bonds is 4. The number of aldehydes is 1. The van der Waals surface area contributed by atoms with Gasteiger partial charge in [0.2, 0.25) is 0 Å². The zero-order valence-electron chi connectivity index (χ0n) is 8.66. The van der Waals surface area contributed by atoms with E-state index in [0.29, 0.717) is 6.42 Å². The third kappa shape index (κ3) is 2.07. The van der Waals surface area contributed by atoms with Crippen LogP contribution in [0.2, 0.25) is 0 Å². The Balaban J connectivity index is 2.25. The highest BCUT2D eigenvalue weighted by Gasteiger charge is 2.07. The standard InChI is InChI=1S/C12H14N2O/c1-13-11(8-15)7-10-6-9-4-2-3-5-12(9)14-10/h2-6,8,11,13-14H,7H2,1H3/t11-/m0/s1. The number of nitrogens with one attached hydrogen (secondary N) is 2. The molecule has 1 aromatic carbocycles. The van der Waals surface area contributed by atoms with Crippen LogP contribution in [0.25, 0.3) is 10.9 Å². The summed E-state index contributed by atoms with van der Waals surface area (Å²) < 4.78 is 0. The summed E-state index contributed by atoms with van der Waals surface area (Å²) in [7, 11) is 1.79. The van der Waals surface area contributed by atoms with Gasteiger partial charge in [-0.2, -0.15) is 0 Å². The fraction of sp³-hybridized carbons (Fsp3) is 0.250. The van der Waals surface area contributed by atoms with Crippen molar-refractivity contribution >= 4 is 17.2 Å². The highest BCUT2D eigenvalue weighted by Crippen LogP contribution is 2.15. The van der Waals surface area contributed by atoms with Crippen LogP contribution < -0.4 is 5.32 Å². The van der Waals surface area contributed by atoms with Crippen LogP contribution in [0.3, 0.4) is 0 Å². The molecule has 0 fully saturated rings. The average Bonchev–Trinajstić information content (AvgIpc) is 2.68. The molecule has 2 N–H and O–H groups in total. The van der Waals surface area contributed by atoms with E-state index in [-0.39, 0.29) is 6.04 Å². The first-order chi connectivity index (χ1) is 7.33. The first-order valence-electron chi connectivity index (χ1n) is 5.02. The molecule has 0 saturated carbocycles. The lowest BCUT2D eigenvalue weighted by atomic mass is 10.2. The van der Waals surface area contributed by atoms with E-state index in [2.05, 4.69) is 22.4 Å². The van der Waals surface area contributed by atoms with Crippen molar-refractivity contribution < 1.29 is 4.79 Å². The fourth-order valence-electron chi connectivity index (χ4n) is 1.70. The Morgan fingerprint density at radius 2 is 2.27 bits per heavy atom. The largest absolute Gasteiger partial charge is 0.358 e. The molecule has 0 aliphatic carbocycles. The van der Waals surface area contributed by atoms with Gasteiger partial charge in [-0.1, -0.05) is 18.2 Å². The van der Waals surface area contributed by atoms with Crippen molar-refractivity contribution in [3.63, 3.8) is 0 Å². The van der Waals surface area contributed by atoms with Crippen LogP contribution in [0.1, 0.15) is 5.69 Å². The number of aromatic amines is 1. The van der Waals surface area contributed by atoms with Gasteiger partial charge >= 0.3 is 0 Å². The fourth-order valence-corrected chi connectivity index (χ4v) is 1.70. The van der Waals surface area contributed by atoms with Gasteiger partial charge in [0.1, 0.15) is 6.29 Å². The lowest BCUT2D eigenvalue weighted by molar-refractivity contribution is -0.109. The lowest BCUT2D eigenvalue weighted by Crippen LogP contribution is -2.28. The van der Waals surface area contributed by atoms with E-state index in [9.17, 15) is 4.79 Å². The number of aromatic nitrogens is 1. The topological polar surface area (TPSA) is 44.9 Å². The minimum absolute atomic E-state index is 0.113. The molecule has 2 rings (SSSR count). The summed E-state index contributed by atoms with van der Waals surface area (Å²) in [6.45, 7) is 0. The monoisotopic (exact) mass is 202 g/mol. The van der Waals surface area contributed by atoms with Gasteiger partial charge in [0.25, 0.3) is 0 Å². The first kappa shape index (κ1) is 9.93. The molecule has 3 heteroatoms. The smallest absolute Gasteiger partial charge is 0.137 e. The highest BCUT2D eigenvalue weighted by atomic mass is 16.1. The van der Waals surface area contributed by atoms with Gasteiger partial charge in [0.15, 0.2) is 0 Å². The molecule has 15 heavy (non-hydrogen) atoms. The normalized spacial score (nSPS) is 12.9. The Morgan fingerprint density at radius 1 is 1.47 bits per heavy atom. The van der Waals surface area contributed by atoms with Crippen molar-refractivity contribution in [1.29, 1.82) is 0 Å². The molecule has 0 aliphatic rings. The van der Waals surface area contributed by atoms with Crippen molar-refractivity contribution in [3.05, 3.63) is 36.0 Å². The molecule has 0 radical (unpaired) electrons. The predicted molar refractivity (Wildman–Crippen MR) is 60.9 cm³/mol. The number of hydrogen-bond acceptors (Lipinski definition) is 2. The minimum Gasteiger partial charge on any atom is -0.358 e. The molecule has 0 amide bonds. The van der Waals surface area contributed by atoms with Gasteiger partial charge in [-0.3, -0.25) is 0 Å². The maximum Gasteiger partial charge on any atom is 0.137 e. The van der Waals surface area contributed by atoms with E-state index in [1.807, 2.05) is 18.2 Å². The van der Waals surface area contributed by atoms with Crippen LogP contribution in [0, 0.1) is 0 Å². The molecular formula is C12H14N2O. The highest BCUT2D eigenvalue weighted by molar-refractivity contribution is 5.80. The molecule has 1 heterocycles. The number of benzene rings is 1. The van der Waals surface area contributed by atoms with Crippen molar-refractivity contribution in [1.82, 2.24) is 10.3 Å². The van der Waals surface area contributed by atoms with E-state index >= 15 is 0 Å². The van der Waals surface area contributed by atoms with Gasteiger partial charge < -0.3 is 15.1 Å². The first-order valence-corrected chi connectivity index (χ1v) is 5.02. The van der Waals surface area contributed by atoms with Gasteiger partial charge in [0.05, 0.1) is 6.04 Å². The molecule has 0 saturated heterocycles. The molecule has 78 valence electrons. The second-order valence-electron chi connectivity index (χ2n) is 3.62. The van der Waals surface area contributed by atoms with Crippen molar-refractivity contribution in [2.75, 3.05) is 7.05 Å². The number of likely N-dealkylation sites (N-methyl/N-ethyl adjacent to an activating group) is 1. The number of carbonyl (C=O) groups excluding carboxylic acids is 1. The van der Waals surface area contributed by atoms with Gasteiger partial charge in [0, 0.05) is 17.6 Å². The van der Waals surface area contributed by atoms with Crippen LogP contribution in [-0.4, -0.2) is 24.4 Å². The summed E-state index contributed by atoms with van der Waals surface area (Å²) in [5, 5.41) is 4.14. The summed E-state index contributed by atoms with van der Waals surface area (Å²) in [6, 6.07) is 10.1. The van der Waals surface area contributed by atoms with E-state index in [1.54, 1.807) is 7.05 Å². The predicted octanol–water partition coefficient (Wildman–Crippen LogP) is 1.50. The third-order valence-corrected chi connectivity index (χ3v) is 2.56. The summed E-state index contributed by atoms with van der Waals surface area (Å²) in [4.78, 5) is 14.0. The molecule has 1 atom stereocenters. The molecule has 3 nitrogen and oxygen atoms in total. The molecule has 1 aromatic heterocycles. The van der Waals surface area contributed by atoms with Crippen LogP contribution in [0.15, 0.2) is 30.3 Å². The number of hydrogen-bond donors (Lipinski definition) is 2. The van der Waals surface area contributed by atoms with E-state index in [0.717, 1.165) is 17.5 Å². The van der Waals surface area contributed by atoms with Crippen LogP contribution in [0.4, 0.5) is 0 Å². The number of para-hydroxylation sites is 1. The second-order valence-corrected chi connectivity index (χ2v) is 3.62. The van der Waals surface area contributed by atoms with E-state index < -0.39 is 0 Å². The summed E-state index contributed by atoms with van der Waals surface area (Å²) in [5.74, 6) is 0. The molecule has 0 spiro atoms. The molecule has 0 aliphatic heterocycles. The SMILES string of the molecule is CN[C@H](C=O)Cc1cc2ccccc2[nH]1. The number of carbonyl (C=O) groups is 1. The summed E-state index contributed by atoms with van der Waals surface area (Å²) in [5.41, 5.74) is 2.20. The second kappa shape index (κ2) is 4.28. The summed E-state index contributed by atoms with van der Waals surface area (Å²) in [6.07, 6.45) is 1.64. The molecule has 2 aromatic rings. The van der Waals surface area contributed by atoms with Gasteiger partial charge in [-0.05, 0) is 24.6 Å². The lowest BCUT2D eigenvalue weighted by Gasteiger charge is -2.05. The van der Waals surface area contributed by atoms with Crippen molar-refractivity contribution in [2.45, 2.75) is 12.5 Å². The zero-order chi connectivity index (χ0) is 10.7. The van der Waals surface area contributed by atoms with E-state index in [1.165, 1.54) is 5.39 Å². The Morgan fingerprint density at radius 3 is 2.93 bits per heavy atom. The maximum absolute atomic E-state index is 10.7. The molecule has 0 bridgehead atoms. The number of H-pyrrole nitrogens is 1. The Hall–Kier alpha value is -1.61. The van der Waals surface area contributed by atoms with Crippen molar-refractivity contribution in [2.24, 2.45) is 0 Å². The zero-order valence-corrected chi connectivity index (χ0v) is 8.66. The summed E-state index contributed by atoms with van der Waals surface area (Å²) >= 11 is 0.